The molecular formula is C27H37O3P. The first-order valence-corrected chi connectivity index (χ1v) is 14.3. The molecule has 0 heterocycles. The van der Waals surface area contributed by atoms with Crippen LogP contribution in [0.25, 0.3) is 0 Å². The van der Waals surface area contributed by atoms with E-state index in [9.17, 15) is 0 Å². The van der Waals surface area contributed by atoms with E-state index in [0.717, 1.165) is 96.1 Å². The first kappa shape index (κ1) is 19.1. The van der Waals surface area contributed by atoms with Crippen molar-refractivity contribution in [2.45, 2.75) is 38.5 Å². The molecular weight excluding hydrogens is 403 g/mol. The summed E-state index contributed by atoms with van der Waals surface area (Å²) in [6.45, 7) is 1.72. The zero-order valence-corrected chi connectivity index (χ0v) is 19.6. The number of fused-ring (bicyclic) bond motifs is 18. The summed E-state index contributed by atoms with van der Waals surface area (Å²) in [6.07, 6.45) is 18.8. The van der Waals surface area contributed by atoms with Crippen molar-refractivity contribution in [2.24, 2.45) is 82.9 Å². The molecule has 8 aliphatic rings. The van der Waals surface area contributed by atoms with Gasteiger partial charge in [0.25, 0.3) is 0 Å². The molecule has 6 fully saturated rings. The summed E-state index contributed by atoms with van der Waals surface area (Å²) in [7, 11) is 0.602. The summed E-state index contributed by atoms with van der Waals surface area (Å²) < 4.78 is 18.3. The molecule has 0 aromatic heterocycles. The lowest BCUT2D eigenvalue weighted by Gasteiger charge is -2.37. The second kappa shape index (κ2) is 6.91. The van der Waals surface area contributed by atoms with Crippen LogP contribution in [0.5, 0.6) is 0 Å². The van der Waals surface area contributed by atoms with Crippen molar-refractivity contribution in [1.29, 1.82) is 0 Å². The predicted molar refractivity (Wildman–Crippen MR) is 121 cm³/mol. The van der Waals surface area contributed by atoms with Crippen LogP contribution >= 0.6 is 8.60 Å². The largest absolute Gasteiger partial charge is 0.332 e. The highest BCUT2D eigenvalue weighted by Gasteiger charge is 2.62. The summed E-state index contributed by atoms with van der Waals surface area (Å²) in [4.78, 5) is 0. The average molecular weight is 441 g/mol. The Bertz CT molecular complexity index is 746. The highest BCUT2D eigenvalue weighted by molar-refractivity contribution is 7.41. The Morgan fingerprint density at radius 3 is 1.52 bits per heavy atom. The SMILES string of the molecule is COP(OCC1CC2CC1C1C3C=CC(C3)C21)OCC1CC2CC1C1C3C=CC(C3)C21. The van der Waals surface area contributed by atoms with Gasteiger partial charge in [-0.2, -0.15) is 0 Å². The third kappa shape index (κ3) is 2.62. The van der Waals surface area contributed by atoms with Crippen LogP contribution in [0.3, 0.4) is 0 Å². The smallest absolute Gasteiger partial charge is 0.316 e. The molecule has 0 aromatic carbocycles. The molecule has 8 aliphatic carbocycles. The lowest BCUT2D eigenvalue weighted by atomic mass is 9.70. The fourth-order valence-corrected chi connectivity index (χ4v) is 12.1. The molecule has 0 saturated heterocycles. The molecule has 4 heteroatoms. The average Bonchev–Trinajstić information content (AvgIpc) is 3.64. The van der Waals surface area contributed by atoms with Gasteiger partial charge in [-0.25, -0.2) is 0 Å². The van der Waals surface area contributed by atoms with Crippen LogP contribution < -0.4 is 0 Å². The van der Waals surface area contributed by atoms with Crippen LogP contribution in [0.1, 0.15) is 38.5 Å². The summed E-state index contributed by atoms with van der Waals surface area (Å²) in [5.41, 5.74) is 0. The summed E-state index contributed by atoms with van der Waals surface area (Å²) in [5.74, 6) is 12.8. The Morgan fingerprint density at radius 2 is 1.06 bits per heavy atom. The molecule has 8 bridgehead atoms. The Labute approximate surface area is 188 Å². The van der Waals surface area contributed by atoms with Crippen LogP contribution in [0.2, 0.25) is 0 Å². The van der Waals surface area contributed by atoms with E-state index in [1.807, 2.05) is 0 Å². The third-order valence-corrected chi connectivity index (χ3v) is 12.8. The molecule has 0 aliphatic heterocycles. The molecule has 0 amide bonds. The zero-order valence-electron chi connectivity index (χ0n) is 18.7. The fourth-order valence-electron chi connectivity index (χ4n) is 11.1. The van der Waals surface area contributed by atoms with E-state index in [-0.39, 0.29) is 0 Å². The van der Waals surface area contributed by atoms with Gasteiger partial charge in [0, 0.05) is 7.11 Å². The van der Waals surface area contributed by atoms with Crippen molar-refractivity contribution in [2.75, 3.05) is 20.3 Å². The van der Waals surface area contributed by atoms with Gasteiger partial charge in [-0.15, -0.1) is 0 Å². The molecule has 0 aromatic rings. The maximum atomic E-state index is 6.32. The van der Waals surface area contributed by atoms with E-state index in [4.69, 9.17) is 13.6 Å². The van der Waals surface area contributed by atoms with Crippen molar-refractivity contribution < 1.29 is 13.6 Å². The Balaban J connectivity index is 0.865. The van der Waals surface area contributed by atoms with Gasteiger partial charge >= 0.3 is 8.60 Å². The first-order chi connectivity index (χ1) is 15.3. The molecule has 8 rings (SSSR count). The highest BCUT2D eigenvalue weighted by Crippen LogP contribution is 2.68. The van der Waals surface area contributed by atoms with Gasteiger partial charge in [0.1, 0.15) is 0 Å². The molecule has 6 saturated carbocycles. The molecule has 0 spiro atoms. The van der Waals surface area contributed by atoms with Crippen LogP contribution in [-0.2, 0) is 13.6 Å². The Kier molecular flexibility index (Phi) is 4.26. The second-order valence-electron chi connectivity index (χ2n) is 12.5. The number of rotatable bonds is 7. The fraction of sp³-hybridized carbons (Fsp3) is 0.852. The predicted octanol–water partition coefficient (Wildman–Crippen LogP) is 6.08. The van der Waals surface area contributed by atoms with Crippen molar-refractivity contribution in [3.8, 4) is 0 Å². The van der Waals surface area contributed by atoms with Crippen molar-refractivity contribution in [1.82, 2.24) is 0 Å². The number of allylic oxidation sites excluding steroid dienone is 4. The van der Waals surface area contributed by atoms with Gasteiger partial charge in [0.05, 0.1) is 13.2 Å². The lowest BCUT2D eigenvalue weighted by Crippen LogP contribution is -2.33. The molecule has 0 radical (unpaired) electrons. The highest BCUT2D eigenvalue weighted by atomic mass is 31.2. The van der Waals surface area contributed by atoms with E-state index < -0.39 is 8.60 Å². The summed E-state index contributed by atoms with van der Waals surface area (Å²) in [5, 5.41) is 0. The van der Waals surface area contributed by atoms with Gasteiger partial charge in [0.15, 0.2) is 0 Å². The van der Waals surface area contributed by atoms with E-state index in [1.165, 1.54) is 38.5 Å². The van der Waals surface area contributed by atoms with E-state index in [1.54, 1.807) is 7.11 Å². The summed E-state index contributed by atoms with van der Waals surface area (Å²) >= 11 is 0. The van der Waals surface area contributed by atoms with E-state index in [0.29, 0.717) is 0 Å². The molecule has 14 atom stereocenters. The molecule has 14 unspecified atom stereocenters. The monoisotopic (exact) mass is 440 g/mol. The van der Waals surface area contributed by atoms with Crippen LogP contribution in [0, 0.1) is 82.9 Å². The zero-order chi connectivity index (χ0) is 20.3. The quantitative estimate of drug-likeness (QED) is 0.273. The minimum Gasteiger partial charge on any atom is -0.316 e. The van der Waals surface area contributed by atoms with Gasteiger partial charge in [0.2, 0.25) is 0 Å². The third-order valence-electron chi connectivity index (χ3n) is 11.8. The number of hydrogen-bond donors (Lipinski definition) is 0. The van der Waals surface area contributed by atoms with E-state index >= 15 is 0 Å². The maximum absolute atomic E-state index is 6.32. The molecule has 168 valence electrons. The van der Waals surface area contributed by atoms with Crippen molar-refractivity contribution >= 4 is 8.60 Å². The molecule has 3 nitrogen and oxygen atoms in total. The van der Waals surface area contributed by atoms with Gasteiger partial charge < -0.3 is 13.6 Å². The van der Waals surface area contributed by atoms with Crippen LogP contribution in [-0.4, -0.2) is 20.3 Å². The molecule has 31 heavy (non-hydrogen) atoms. The van der Waals surface area contributed by atoms with Crippen molar-refractivity contribution in [3.05, 3.63) is 24.3 Å². The molecule has 0 N–H and O–H groups in total. The lowest BCUT2D eigenvalue weighted by molar-refractivity contribution is 0.0722. The summed E-state index contributed by atoms with van der Waals surface area (Å²) in [6, 6.07) is 0. The minimum absolute atomic E-state index is 0.742. The first-order valence-electron chi connectivity index (χ1n) is 13.2. The standard InChI is InChI=1S/C27H37O3P/c1-28-31(29-12-20-8-18-10-22(20)26-16-4-2-14(6-16)24(18)26)30-13-21-9-19-11-23(21)27-17-5-3-15(7-17)25(19)27/h2-5,14-27H,6-13H2,1H3. The number of hydrogen-bond acceptors (Lipinski definition) is 3. The van der Waals surface area contributed by atoms with Gasteiger partial charge in [-0.1, -0.05) is 24.3 Å². The van der Waals surface area contributed by atoms with Crippen molar-refractivity contribution in [3.63, 3.8) is 0 Å². The van der Waals surface area contributed by atoms with E-state index in [2.05, 4.69) is 24.3 Å². The Hall–Kier alpha value is -0.210. The van der Waals surface area contributed by atoms with Crippen LogP contribution in [0.4, 0.5) is 0 Å². The second-order valence-corrected chi connectivity index (χ2v) is 13.8. The van der Waals surface area contributed by atoms with Gasteiger partial charge in [-0.3, -0.25) is 0 Å². The topological polar surface area (TPSA) is 27.7 Å². The maximum Gasteiger partial charge on any atom is 0.332 e. The Morgan fingerprint density at radius 1 is 0.613 bits per heavy atom. The minimum atomic E-state index is -1.18. The van der Waals surface area contributed by atoms with Crippen LogP contribution in [0.15, 0.2) is 24.3 Å². The normalized spacial score (nSPS) is 59.3. The van der Waals surface area contributed by atoms with Gasteiger partial charge in [-0.05, 0) is 121 Å².